The third-order valence-electron chi connectivity index (χ3n) is 2.33. The number of rotatable bonds is 4. The van der Waals surface area contributed by atoms with Crippen LogP contribution in [0.5, 0.6) is 0 Å². The number of carbonyl (C=O) groups excluding carboxylic acids is 1. The number of hydrogen-bond donors (Lipinski definition) is 0. The van der Waals surface area contributed by atoms with Gasteiger partial charge in [0.15, 0.2) is 0 Å². The second-order valence-electron chi connectivity index (χ2n) is 3.18. The van der Waals surface area contributed by atoms with E-state index in [1.807, 2.05) is 11.8 Å². The van der Waals surface area contributed by atoms with E-state index in [1.54, 1.807) is 0 Å². The molecule has 0 radical (unpaired) electrons. The Hall–Kier alpha value is -0.280. The molecule has 0 saturated carbocycles. The van der Waals surface area contributed by atoms with Crippen LogP contribution in [0, 0.1) is 0 Å². The first-order valence-electron chi connectivity index (χ1n) is 4.72. The van der Waals surface area contributed by atoms with Gasteiger partial charge in [0.05, 0.1) is 12.6 Å². The van der Waals surface area contributed by atoms with Crippen LogP contribution in [0.4, 0.5) is 0 Å². The number of carbonyl (C=O) groups is 1. The SMILES string of the molecule is CCOCC1CCCN1C(=O)CCl. The number of ether oxygens (including phenoxy) is 1. The Bertz CT molecular complexity index is 175. The molecule has 1 fully saturated rings. The molecule has 0 aromatic rings. The Labute approximate surface area is 84.0 Å². The molecule has 0 aromatic carbocycles. The Balaban J connectivity index is 2.39. The predicted molar refractivity (Wildman–Crippen MR) is 51.9 cm³/mol. The first-order valence-corrected chi connectivity index (χ1v) is 5.26. The lowest BCUT2D eigenvalue weighted by molar-refractivity contribution is -0.130. The molecular weight excluding hydrogens is 190 g/mol. The van der Waals surface area contributed by atoms with Crippen LogP contribution in [0.3, 0.4) is 0 Å². The van der Waals surface area contributed by atoms with E-state index >= 15 is 0 Å². The molecule has 1 amide bonds. The normalized spacial score (nSPS) is 22.3. The summed E-state index contributed by atoms with van der Waals surface area (Å²) >= 11 is 5.50. The van der Waals surface area contributed by atoms with Crippen molar-refractivity contribution in [2.45, 2.75) is 25.8 Å². The van der Waals surface area contributed by atoms with Gasteiger partial charge in [-0.25, -0.2) is 0 Å². The molecule has 3 nitrogen and oxygen atoms in total. The molecule has 1 unspecified atom stereocenters. The van der Waals surface area contributed by atoms with Crippen molar-refractivity contribution in [1.29, 1.82) is 0 Å². The van der Waals surface area contributed by atoms with Crippen LogP contribution in [0.1, 0.15) is 19.8 Å². The van der Waals surface area contributed by atoms with E-state index in [-0.39, 0.29) is 17.8 Å². The summed E-state index contributed by atoms with van der Waals surface area (Å²) in [5, 5.41) is 0. The molecule has 1 heterocycles. The average molecular weight is 206 g/mol. The van der Waals surface area contributed by atoms with Gasteiger partial charge in [0, 0.05) is 13.2 Å². The third-order valence-corrected chi connectivity index (χ3v) is 2.55. The van der Waals surface area contributed by atoms with Crippen LogP contribution >= 0.6 is 11.6 Å². The van der Waals surface area contributed by atoms with Crippen molar-refractivity contribution in [3.63, 3.8) is 0 Å². The maximum atomic E-state index is 11.3. The molecule has 0 aromatic heterocycles. The van der Waals surface area contributed by atoms with E-state index < -0.39 is 0 Å². The molecular formula is C9H16ClNO2. The standard InChI is InChI=1S/C9H16ClNO2/c1-2-13-7-8-4-3-5-11(8)9(12)6-10/h8H,2-7H2,1H3. The molecule has 0 aliphatic carbocycles. The zero-order chi connectivity index (χ0) is 9.68. The fourth-order valence-corrected chi connectivity index (χ4v) is 1.82. The van der Waals surface area contributed by atoms with Crippen LogP contribution in [0.2, 0.25) is 0 Å². The van der Waals surface area contributed by atoms with Crippen molar-refractivity contribution in [2.75, 3.05) is 25.6 Å². The van der Waals surface area contributed by atoms with Crippen molar-refractivity contribution < 1.29 is 9.53 Å². The Kier molecular flexibility index (Phi) is 4.53. The molecule has 1 aliphatic heterocycles. The minimum Gasteiger partial charge on any atom is -0.380 e. The van der Waals surface area contributed by atoms with Crippen molar-refractivity contribution in [3.8, 4) is 0 Å². The number of alkyl halides is 1. The summed E-state index contributed by atoms with van der Waals surface area (Å²) in [5.41, 5.74) is 0. The van der Waals surface area contributed by atoms with Gasteiger partial charge in [-0.2, -0.15) is 0 Å². The minimum atomic E-state index is 0.0314. The molecule has 1 rings (SSSR count). The first-order chi connectivity index (χ1) is 6.29. The number of amides is 1. The van der Waals surface area contributed by atoms with Crippen LogP contribution in [-0.4, -0.2) is 42.5 Å². The summed E-state index contributed by atoms with van der Waals surface area (Å²) in [4.78, 5) is 13.2. The summed E-state index contributed by atoms with van der Waals surface area (Å²) in [5.74, 6) is 0.117. The van der Waals surface area contributed by atoms with Gasteiger partial charge in [-0.1, -0.05) is 0 Å². The van der Waals surface area contributed by atoms with E-state index in [0.29, 0.717) is 13.2 Å². The Morgan fingerprint density at radius 3 is 3.08 bits per heavy atom. The monoisotopic (exact) mass is 205 g/mol. The van der Waals surface area contributed by atoms with Crippen molar-refractivity contribution in [3.05, 3.63) is 0 Å². The molecule has 0 spiro atoms. The van der Waals surface area contributed by atoms with E-state index in [9.17, 15) is 4.79 Å². The average Bonchev–Trinajstić information content (AvgIpc) is 2.61. The minimum absolute atomic E-state index is 0.0314. The van der Waals surface area contributed by atoms with E-state index in [0.717, 1.165) is 19.4 Å². The molecule has 1 saturated heterocycles. The molecule has 4 heteroatoms. The molecule has 0 N–H and O–H groups in total. The lowest BCUT2D eigenvalue weighted by Gasteiger charge is -2.23. The molecule has 76 valence electrons. The Morgan fingerprint density at radius 1 is 1.69 bits per heavy atom. The third kappa shape index (κ3) is 2.85. The topological polar surface area (TPSA) is 29.5 Å². The van der Waals surface area contributed by atoms with Crippen molar-refractivity contribution in [2.24, 2.45) is 0 Å². The van der Waals surface area contributed by atoms with Crippen molar-refractivity contribution >= 4 is 17.5 Å². The van der Waals surface area contributed by atoms with Gasteiger partial charge in [-0.3, -0.25) is 4.79 Å². The number of hydrogen-bond acceptors (Lipinski definition) is 2. The highest BCUT2D eigenvalue weighted by Crippen LogP contribution is 2.17. The summed E-state index contributed by atoms with van der Waals surface area (Å²) in [6, 6.07) is 0.256. The van der Waals surface area contributed by atoms with Gasteiger partial charge in [0.1, 0.15) is 5.88 Å². The second kappa shape index (κ2) is 5.45. The number of nitrogens with zero attached hydrogens (tertiary/aromatic N) is 1. The molecule has 1 atom stereocenters. The fraction of sp³-hybridized carbons (Fsp3) is 0.889. The van der Waals surface area contributed by atoms with Gasteiger partial charge in [0.2, 0.25) is 5.91 Å². The zero-order valence-electron chi connectivity index (χ0n) is 7.96. The van der Waals surface area contributed by atoms with Gasteiger partial charge >= 0.3 is 0 Å². The first kappa shape index (κ1) is 10.8. The Morgan fingerprint density at radius 2 is 2.46 bits per heavy atom. The summed E-state index contributed by atoms with van der Waals surface area (Å²) in [6.07, 6.45) is 2.11. The van der Waals surface area contributed by atoms with Crippen LogP contribution < -0.4 is 0 Å². The van der Waals surface area contributed by atoms with E-state index in [1.165, 1.54) is 0 Å². The van der Waals surface area contributed by atoms with Crippen molar-refractivity contribution in [1.82, 2.24) is 4.90 Å². The maximum absolute atomic E-state index is 11.3. The number of likely N-dealkylation sites (tertiary alicyclic amines) is 1. The van der Waals surface area contributed by atoms with E-state index in [2.05, 4.69) is 0 Å². The fourth-order valence-electron chi connectivity index (χ4n) is 1.67. The molecule has 1 aliphatic rings. The van der Waals surface area contributed by atoms with Gasteiger partial charge in [-0.15, -0.1) is 11.6 Å². The lowest BCUT2D eigenvalue weighted by atomic mass is 10.2. The second-order valence-corrected chi connectivity index (χ2v) is 3.44. The largest absolute Gasteiger partial charge is 0.380 e. The summed E-state index contributed by atoms with van der Waals surface area (Å²) < 4.78 is 5.31. The van der Waals surface area contributed by atoms with Crippen LogP contribution in [-0.2, 0) is 9.53 Å². The molecule has 13 heavy (non-hydrogen) atoms. The summed E-state index contributed by atoms with van der Waals surface area (Å²) in [6.45, 7) is 4.16. The predicted octanol–water partition coefficient (Wildman–Crippen LogP) is 1.25. The quantitative estimate of drug-likeness (QED) is 0.647. The maximum Gasteiger partial charge on any atom is 0.237 e. The number of halogens is 1. The van der Waals surface area contributed by atoms with Gasteiger partial charge in [0.25, 0.3) is 0 Å². The highest BCUT2D eigenvalue weighted by atomic mass is 35.5. The van der Waals surface area contributed by atoms with Crippen LogP contribution in [0.25, 0.3) is 0 Å². The van der Waals surface area contributed by atoms with Gasteiger partial charge < -0.3 is 9.64 Å². The lowest BCUT2D eigenvalue weighted by Crippen LogP contribution is -2.39. The highest BCUT2D eigenvalue weighted by molar-refractivity contribution is 6.27. The molecule has 0 bridgehead atoms. The van der Waals surface area contributed by atoms with Crippen LogP contribution in [0.15, 0.2) is 0 Å². The van der Waals surface area contributed by atoms with E-state index in [4.69, 9.17) is 16.3 Å². The highest BCUT2D eigenvalue weighted by Gasteiger charge is 2.27. The summed E-state index contributed by atoms with van der Waals surface area (Å²) in [7, 11) is 0. The smallest absolute Gasteiger partial charge is 0.237 e. The van der Waals surface area contributed by atoms with Gasteiger partial charge in [-0.05, 0) is 19.8 Å². The zero-order valence-corrected chi connectivity index (χ0v) is 8.72.